The van der Waals surface area contributed by atoms with Crippen LogP contribution in [-0.2, 0) is 11.2 Å². The maximum absolute atomic E-state index is 12.4. The average Bonchev–Trinajstić information content (AvgIpc) is 3.21. The fourth-order valence-electron chi connectivity index (χ4n) is 4.83. The molecule has 0 spiro atoms. The fraction of sp³-hybridized carbons (Fsp3) is 0.762. The fourth-order valence-corrected chi connectivity index (χ4v) is 4.83. The molecule has 1 aliphatic heterocycles. The third kappa shape index (κ3) is 4.18. The number of aromatic nitrogens is 2. The van der Waals surface area contributed by atoms with Crippen molar-refractivity contribution in [1.82, 2.24) is 15.3 Å². The first kappa shape index (κ1) is 17.7. The minimum atomic E-state index is 0.102. The van der Waals surface area contributed by atoms with Gasteiger partial charge in [0.25, 0.3) is 0 Å². The van der Waals surface area contributed by atoms with Crippen molar-refractivity contribution in [3.05, 3.63) is 17.5 Å². The topological polar surface area (TPSA) is 58.1 Å². The number of carbonyl (C=O) groups is 1. The van der Waals surface area contributed by atoms with Gasteiger partial charge in [-0.25, -0.2) is 9.97 Å². The molecule has 1 saturated carbocycles. The molecule has 142 valence electrons. The van der Waals surface area contributed by atoms with Gasteiger partial charge in [0, 0.05) is 31.3 Å². The predicted molar refractivity (Wildman–Crippen MR) is 103 cm³/mol. The smallest absolute Gasteiger partial charge is 0.225 e. The summed E-state index contributed by atoms with van der Waals surface area (Å²) in [5.41, 5.74) is 2.29. The lowest BCUT2D eigenvalue weighted by Crippen LogP contribution is -2.34. The number of aryl methyl sites for hydroxylation is 1. The summed E-state index contributed by atoms with van der Waals surface area (Å²) in [6, 6.07) is 0.102. The van der Waals surface area contributed by atoms with Crippen molar-refractivity contribution < 1.29 is 4.79 Å². The first-order chi connectivity index (χ1) is 12.8. The van der Waals surface area contributed by atoms with E-state index in [1.165, 1.54) is 44.9 Å². The quantitative estimate of drug-likeness (QED) is 0.868. The number of anilines is 1. The monoisotopic (exact) mass is 356 g/mol. The number of amides is 1. The summed E-state index contributed by atoms with van der Waals surface area (Å²) in [5, 5.41) is 3.27. The number of hydrogen-bond acceptors (Lipinski definition) is 4. The van der Waals surface area contributed by atoms with Gasteiger partial charge in [0.05, 0.1) is 11.7 Å². The molecule has 0 bridgehead atoms. The largest absolute Gasteiger partial charge is 0.349 e. The highest BCUT2D eigenvalue weighted by atomic mass is 16.1. The van der Waals surface area contributed by atoms with Crippen LogP contribution >= 0.6 is 0 Å². The summed E-state index contributed by atoms with van der Waals surface area (Å²) < 4.78 is 0. The molecule has 3 aliphatic rings. The Balaban J connectivity index is 1.37. The molecule has 1 N–H and O–H groups in total. The van der Waals surface area contributed by atoms with Crippen molar-refractivity contribution in [1.29, 1.82) is 0 Å². The molecule has 0 unspecified atom stereocenters. The standard InChI is InChI=1S/C21H32N4O/c26-20(12-11-16-7-2-3-8-16)23-18-9-6-10-19-17(18)15-22-21(24-19)25-13-4-1-5-14-25/h15-16,18H,1-14H2,(H,23,26)/t18-/m1/s1. The molecule has 2 aliphatic carbocycles. The van der Waals surface area contributed by atoms with Gasteiger partial charge in [-0.05, 0) is 50.9 Å². The van der Waals surface area contributed by atoms with E-state index in [0.717, 1.165) is 61.9 Å². The zero-order valence-corrected chi connectivity index (χ0v) is 15.9. The van der Waals surface area contributed by atoms with Crippen molar-refractivity contribution in [2.75, 3.05) is 18.0 Å². The molecule has 0 aromatic carbocycles. The molecular weight excluding hydrogens is 324 g/mol. The second-order valence-electron chi connectivity index (χ2n) is 8.32. The third-order valence-corrected chi connectivity index (χ3v) is 6.40. The summed E-state index contributed by atoms with van der Waals surface area (Å²) in [6.45, 7) is 2.14. The molecule has 1 amide bonds. The highest BCUT2D eigenvalue weighted by Crippen LogP contribution is 2.31. The number of fused-ring (bicyclic) bond motifs is 1. The zero-order valence-electron chi connectivity index (χ0n) is 15.9. The first-order valence-electron chi connectivity index (χ1n) is 10.7. The number of nitrogens with one attached hydrogen (secondary N) is 1. The lowest BCUT2D eigenvalue weighted by atomic mass is 9.92. The van der Waals surface area contributed by atoms with E-state index in [2.05, 4.69) is 15.2 Å². The van der Waals surface area contributed by atoms with E-state index in [1.807, 2.05) is 6.20 Å². The molecule has 1 saturated heterocycles. The molecular formula is C21H32N4O. The highest BCUT2D eigenvalue weighted by Gasteiger charge is 2.25. The van der Waals surface area contributed by atoms with Crippen LogP contribution in [-0.4, -0.2) is 29.0 Å². The number of nitrogens with zero attached hydrogens (tertiary/aromatic N) is 3. The van der Waals surface area contributed by atoms with Crippen LogP contribution in [0.5, 0.6) is 0 Å². The molecule has 1 atom stereocenters. The van der Waals surface area contributed by atoms with Crippen LogP contribution in [0.15, 0.2) is 6.20 Å². The Hall–Kier alpha value is -1.65. The lowest BCUT2D eigenvalue weighted by Gasteiger charge is -2.30. The predicted octanol–water partition coefficient (Wildman–Crippen LogP) is 3.93. The van der Waals surface area contributed by atoms with Gasteiger partial charge in [-0.1, -0.05) is 25.7 Å². The van der Waals surface area contributed by atoms with Crippen LogP contribution in [0.3, 0.4) is 0 Å². The van der Waals surface area contributed by atoms with Gasteiger partial charge >= 0.3 is 0 Å². The summed E-state index contributed by atoms with van der Waals surface area (Å²) in [6.07, 6.45) is 15.9. The Bertz CT molecular complexity index is 620. The van der Waals surface area contributed by atoms with Crippen molar-refractivity contribution in [2.45, 2.75) is 83.1 Å². The molecule has 5 heteroatoms. The molecule has 5 nitrogen and oxygen atoms in total. The van der Waals surface area contributed by atoms with Crippen LogP contribution in [0.25, 0.3) is 0 Å². The van der Waals surface area contributed by atoms with E-state index in [0.29, 0.717) is 6.42 Å². The van der Waals surface area contributed by atoms with Crippen LogP contribution < -0.4 is 10.2 Å². The van der Waals surface area contributed by atoms with Gasteiger partial charge in [0.1, 0.15) is 0 Å². The van der Waals surface area contributed by atoms with Gasteiger partial charge in [-0.2, -0.15) is 0 Å². The Morgan fingerprint density at radius 2 is 1.88 bits per heavy atom. The van der Waals surface area contributed by atoms with Gasteiger partial charge in [0.2, 0.25) is 11.9 Å². The molecule has 26 heavy (non-hydrogen) atoms. The van der Waals surface area contributed by atoms with Crippen molar-refractivity contribution in [3.63, 3.8) is 0 Å². The van der Waals surface area contributed by atoms with E-state index in [1.54, 1.807) is 0 Å². The van der Waals surface area contributed by atoms with Crippen molar-refractivity contribution >= 4 is 11.9 Å². The Morgan fingerprint density at radius 3 is 2.69 bits per heavy atom. The van der Waals surface area contributed by atoms with Gasteiger partial charge in [0.15, 0.2) is 0 Å². The van der Waals surface area contributed by atoms with Gasteiger partial charge in [-0.3, -0.25) is 4.79 Å². The summed E-state index contributed by atoms with van der Waals surface area (Å²) >= 11 is 0. The van der Waals surface area contributed by atoms with E-state index >= 15 is 0 Å². The van der Waals surface area contributed by atoms with Crippen LogP contribution in [0.1, 0.15) is 87.9 Å². The van der Waals surface area contributed by atoms with E-state index in [4.69, 9.17) is 4.98 Å². The van der Waals surface area contributed by atoms with Crippen LogP contribution in [0.2, 0.25) is 0 Å². The molecule has 0 radical (unpaired) electrons. The van der Waals surface area contributed by atoms with Crippen LogP contribution in [0, 0.1) is 5.92 Å². The molecule has 1 aromatic rings. The maximum Gasteiger partial charge on any atom is 0.225 e. The molecule has 2 heterocycles. The second kappa shape index (κ2) is 8.36. The second-order valence-corrected chi connectivity index (χ2v) is 8.32. The SMILES string of the molecule is O=C(CCC1CCCC1)N[C@@H]1CCCc2nc(N3CCCCC3)ncc21. The van der Waals surface area contributed by atoms with E-state index < -0.39 is 0 Å². The van der Waals surface area contributed by atoms with Gasteiger partial charge < -0.3 is 10.2 Å². The van der Waals surface area contributed by atoms with Crippen molar-refractivity contribution in [3.8, 4) is 0 Å². The zero-order chi connectivity index (χ0) is 17.8. The minimum Gasteiger partial charge on any atom is -0.349 e. The maximum atomic E-state index is 12.4. The number of hydrogen-bond donors (Lipinski definition) is 1. The number of rotatable bonds is 5. The highest BCUT2D eigenvalue weighted by molar-refractivity contribution is 5.76. The minimum absolute atomic E-state index is 0.102. The molecule has 1 aromatic heterocycles. The van der Waals surface area contributed by atoms with E-state index in [9.17, 15) is 4.79 Å². The summed E-state index contributed by atoms with van der Waals surface area (Å²) in [5.74, 6) is 1.86. The Labute approximate surface area is 157 Å². The molecule has 2 fully saturated rings. The third-order valence-electron chi connectivity index (χ3n) is 6.40. The summed E-state index contributed by atoms with van der Waals surface area (Å²) in [4.78, 5) is 24.3. The average molecular weight is 357 g/mol. The number of piperidine rings is 1. The Morgan fingerprint density at radius 1 is 1.08 bits per heavy atom. The number of carbonyl (C=O) groups excluding carboxylic acids is 1. The molecule has 4 rings (SSSR count). The van der Waals surface area contributed by atoms with E-state index in [-0.39, 0.29) is 11.9 Å². The first-order valence-corrected chi connectivity index (χ1v) is 10.7. The lowest BCUT2D eigenvalue weighted by molar-refractivity contribution is -0.122. The normalized spacial score (nSPS) is 23.7. The van der Waals surface area contributed by atoms with Gasteiger partial charge in [-0.15, -0.1) is 0 Å². The Kier molecular flexibility index (Phi) is 5.71. The van der Waals surface area contributed by atoms with Crippen LogP contribution in [0.4, 0.5) is 5.95 Å². The summed E-state index contributed by atoms with van der Waals surface area (Å²) in [7, 11) is 0. The van der Waals surface area contributed by atoms with Crippen molar-refractivity contribution in [2.24, 2.45) is 5.92 Å².